The lowest BCUT2D eigenvalue weighted by Gasteiger charge is -2.33. The summed E-state index contributed by atoms with van der Waals surface area (Å²) in [7, 11) is 0. The molecule has 0 aliphatic carbocycles. The number of rotatable bonds is 0. The summed E-state index contributed by atoms with van der Waals surface area (Å²) in [6, 6.07) is 0. The molecule has 2 atom stereocenters. The van der Waals surface area contributed by atoms with E-state index < -0.39 is 11.8 Å². The van der Waals surface area contributed by atoms with Gasteiger partial charge in [0.1, 0.15) is 6.61 Å². The summed E-state index contributed by atoms with van der Waals surface area (Å²) in [4.78, 5) is 10.6. The lowest BCUT2D eigenvalue weighted by atomic mass is 9.91. The van der Waals surface area contributed by atoms with Crippen molar-refractivity contribution < 1.29 is 14.3 Å². The van der Waals surface area contributed by atoms with E-state index in [1.165, 1.54) is 0 Å². The van der Waals surface area contributed by atoms with Crippen molar-refractivity contribution in [3.05, 3.63) is 0 Å². The zero-order valence-corrected chi connectivity index (χ0v) is 6.59. The lowest BCUT2D eigenvalue weighted by molar-refractivity contribution is -0.0797. The average Bonchev–Trinajstić information content (AvgIpc) is 1.98. The van der Waals surface area contributed by atoms with Gasteiger partial charge in [0.2, 0.25) is 0 Å². The summed E-state index contributed by atoms with van der Waals surface area (Å²) < 4.78 is 9.47. The van der Waals surface area contributed by atoms with Gasteiger partial charge in [0.05, 0.1) is 0 Å². The van der Waals surface area contributed by atoms with Crippen molar-refractivity contribution in [3.63, 3.8) is 0 Å². The highest BCUT2D eigenvalue weighted by molar-refractivity contribution is 5.62. The molecule has 1 aliphatic heterocycles. The molecule has 11 heavy (non-hydrogen) atoms. The van der Waals surface area contributed by atoms with Crippen molar-refractivity contribution >= 4 is 6.16 Å². The normalized spacial score (nSPS) is 36.8. The molecular weight excluding hydrogens is 144 g/mol. The van der Waals surface area contributed by atoms with Crippen molar-refractivity contribution in [2.75, 3.05) is 6.61 Å². The van der Waals surface area contributed by atoms with E-state index >= 15 is 0 Å². The molecule has 0 N–H and O–H groups in total. The highest BCUT2D eigenvalue weighted by Gasteiger charge is 2.38. The van der Waals surface area contributed by atoms with Gasteiger partial charge in [-0.3, -0.25) is 0 Å². The molecule has 60 valence electrons. The molecule has 1 saturated heterocycles. The third-order valence-electron chi connectivity index (χ3n) is 1.97. The van der Waals surface area contributed by atoms with Crippen LogP contribution in [0.25, 0.3) is 0 Å². The Morgan fingerprint density at radius 2 is 2.45 bits per heavy atom. The maximum Gasteiger partial charge on any atom is 0.509 e. The van der Waals surface area contributed by atoms with Gasteiger partial charge in [-0.2, -0.15) is 0 Å². The van der Waals surface area contributed by atoms with Gasteiger partial charge in [-0.1, -0.05) is 12.8 Å². The number of ether oxygens (including phenoxy) is 2. The van der Waals surface area contributed by atoms with E-state index in [0.29, 0.717) is 6.61 Å². The van der Waals surface area contributed by atoms with Crippen molar-refractivity contribution in [2.24, 2.45) is 5.92 Å². The summed E-state index contributed by atoms with van der Waals surface area (Å²) in [6.07, 6.45) is 4.53. The molecule has 2 unspecified atom stereocenters. The summed E-state index contributed by atoms with van der Waals surface area (Å²) >= 11 is 0. The Balaban J connectivity index is 2.78. The standard InChI is InChI=1S/C8H10O3/c1-4-8(3)6(2)5-10-7(9)11-8/h1,6H,5H2,2-3H3. The molecule has 0 spiro atoms. The minimum absolute atomic E-state index is 0.0465. The van der Waals surface area contributed by atoms with Crippen LogP contribution >= 0.6 is 0 Å². The topological polar surface area (TPSA) is 35.5 Å². The fourth-order valence-corrected chi connectivity index (χ4v) is 0.827. The fraction of sp³-hybridized carbons (Fsp3) is 0.625. The molecule has 0 radical (unpaired) electrons. The van der Waals surface area contributed by atoms with E-state index in [9.17, 15) is 4.79 Å². The second kappa shape index (κ2) is 2.46. The lowest BCUT2D eigenvalue weighted by Crippen LogP contribution is -2.44. The molecule has 0 bridgehead atoms. The zero-order chi connectivity index (χ0) is 8.48. The van der Waals surface area contributed by atoms with Crippen LogP contribution in [-0.4, -0.2) is 18.4 Å². The number of hydrogen-bond donors (Lipinski definition) is 0. The zero-order valence-electron chi connectivity index (χ0n) is 6.59. The van der Waals surface area contributed by atoms with Gasteiger partial charge in [0.25, 0.3) is 0 Å². The minimum atomic E-state index is -0.796. The van der Waals surface area contributed by atoms with Gasteiger partial charge in [-0.05, 0) is 6.92 Å². The molecule has 0 aromatic carbocycles. The molecular formula is C8H10O3. The van der Waals surface area contributed by atoms with E-state index in [4.69, 9.17) is 11.2 Å². The van der Waals surface area contributed by atoms with Crippen molar-refractivity contribution in [1.29, 1.82) is 0 Å². The molecule has 1 fully saturated rings. The molecule has 3 heteroatoms. The summed E-state index contributed by atoms with van der Waals surface area (Å²) in [6.45, 7) is 3.92. The summed E-state index contributed by atoms with van der Waals surface area (Å²) in [5, 5.41) is 0. The number of terminal acetylenes is 1. The van der Waals surface area contributed by atoms with Crippen molar-refractivity contribution in [2.45, 2.75) is 19.4 Å². The highest BCUT2D eigenvalue weighted by Crippen LogP contribution is 2.25. The second-order valence-corrected chi connectivity index (χ2v) is 2.82. The Hall–Kier alpha value is -1.17. The molecule has 1 rings (SSSR count). The molecule has 0 aromatic rings. The van der Waals surface area contributed by atoms with Gasteiger partial charge in [-0.25, -0.2) is 4.79 Å². The number of carbonyl (C=O) groups is 1. The van der Waals surface area contributed by atoms with Crippen LogP contribution in [0, 0.1) is 18.3 Å². The maximum atomic E-state index is 10.6. The van der Waals surface area contributed by atoms with Crippen LogP contribution < -0.4 is 0 Å². The third kappa shape index (κ3) is 1.30. The Kier molecular flexibility index (Phi) is 1.77. The van der Waals surface area contributed by atoms with Gasteiger partial charge in [0.15, 0.2) is 5.60 Å². The molecule has 1 aliphatic rings. The van der Waals surface area contributed by atoms with E-state index in [1.54, 1.807) is 6.92 Å². The van der Waals surface area contributed by atoms with Crippen LogP contribution in [0.4, 0.5) is 4.79 Å². The van der Waals surface area contributed by atoms with E-state index in [2.05, 4.69) is 10.7 Å². The Labute approximate surface area is 65.7 Å². The smallest absolute Gasteiger partial charge is 0.434 e. The van der Waals surface area contributed by atoms with Crippen LogP contribution in [0.1, 0.15) is 13.8 Å². The van der Waals surface area contributed by atoms with Gasteiger partial charge in [-0.15, -0.1) is 6.42 Å². The number of carbonyl (C=O) groups excluding carboxylic acids is 1. The van der Waals surface area contributed by atoms with Crippen molar-refractivity contribution in [1.82, 2.24) is 0 Å². The third-order valence-corrected chi connectivity index (χ3v) is 1.97. The first-order valence-electron chi connectivity index (χ1n) is 3.42. The second-order valence-electron chi connectivity index (χ2n) is 2.82. The fourth-order valence-electron chi connectivity index (χ4n) is 0.827. The van der Waals surface area contributed by atoms with Gasteiger partial charge < -0.3 is 9.47 Å². The van der Waals surface area contributed by atoms with Crippen LogP contribution in [0.15, 0.2) is 0 Å². The Morgan fingerprint density at radius 3 is 2.91 bits per heavy atom. The first-order chi connectivity index (χ1) is 5.08. The molecule has 1 heterocycles. The number of hydrogen-bond acceptors (Lipinski definition) is 3. The van der Waals surface area contributed by atoms with Crippen LogP contribution in [-0.2, 0) is 9.47 Å². The molecule has 0 amide bonds. The predicted octanol–water partition coefficient (Wildman–Crippen LogP) is 1.18. The summed E-state index contributed by atoms with van der Waals surface area (Å²) in [5.74, 6) is 2.48. The first-order valence-corrected chi connectivity index (χ1v) is 3.42. The predicted molar refractivity (Wildman–Crippen MR) is 38.8 cm³/mol. The highest BCUT2D eigenvalue weighted by atomic mass is 16.7. The maximum absolute atomic E-state index is 10.6. The summed E-state index contributed by atoms with van der Waals surface area (Å²) in [5.41, 5.74) is -0.796. The van der Waals surface area contributed by atoms with E-state index in [1.807, 2.05) is 6.92 Å². The first kappa shape index (κ1) is 7.93. The minimum Gasteiger partial charge on any atom is -0.434 e. The van der Waals surface area contributed by atoms with Crippen LogP contribution in [0.5, 0.6) is 0 Å². The molecule has 0 aromatic heterocycles. The monoisotopic (exact) mass is 154 g/mol. The van der Waals surface area contributed by atoms with Crippen molar-refractivity contribution in [3.8, 4) is 12.3 Å². The Bertz CT molecular complexity index is 216. The van der Waals surface area contributed by atoms with E-state index in [0.717, 1.165) is 0 Å². The molecule has 0 saturated carbocycles. The largest absolute Gasteiger partial charge is 0.509 e. The molecule has 3 nitrogen and oxygen atoms in total. The quantitative estimate of drug-likeness (QED) is 0.388. The van der Waals surface area contributed by atoms with Gasteiger partial charge >= 0.3 is 6.16 Å². The van der Waals surface area contributed by atoms with E-state index in [-0.39, 0.29) is 5.92 Å². The van der Waals surface area contributed by atoms with Crippen LogP contribution in [0.2, 0.25) is 0 Å². The van der Waals surface area contributed by atoms with Crippen LogP contribution in [0.3, 0.4) is 0 Å². The Morgan fingerprint density at radius 1 is 1.82 bits per heavy atom. The SMILES string of the molecule is C#CC1(C)OC(=O)OCC1C. The average molecular weight is 154 g/mol. The number of cyclic esters (lactones) is 2. The van der Waals surface area contributed by atoms with Gasteiger partial charge in [0, 0.05) is 5.92 Å².